The number of hydrogen-bond donors (Lipinski definition) is 2. The van der Waals surface area contributed by atoms with Crippen LogP contribution in [-0.2, 0) is 5.60 Å². The third kappa shape index (κ3) is 4.49. The van der Waals surface area contributed by atoms with Gasteiger partial charge < -0.3 is 24.5 Å². The van der Waals surface area contributed by atoms with E-state index in [0.29, 0.717) is 0 Å². The summed E-state index contributed by atoms with van der Waals surface area (Å²) in [6, 6.07) is 3.51. The monoisotopic (exact) mass is 579 g/mol. The van der Waals surface area contributed by atoms with Crippen molar-refractivity contribution in [2.75, 3.05) is 0 Å². The van der Waals surface area contributed by atoms with E-state index >= 15 is 4.39 Å². The van der Waals surface area contributed by atoms with Crippen molar-refractivity contribution in [1.29, 1.82) is 0 Å². The topological polar surface area (TPSA) is 111 Å². The van der Waals surface area contributed by atoms with Crippen LogP contribution < -0.4 is 14.8 Å². The Bertz CT molecular complexity index is 1700. The molecule has 1 amide bonds. The summed E-state index contributed by atoms with van der Waals surface area (Å²) in [5, 5.41) is 12.8. The standard InChI is InChI=1S/C26H19F6N5O4/c1-25(2,39)23-33-8-10(9-34-23)12-6-15-19(20(18(12)27)41-26(30,31)32)36-21-13-7-14(37(15)21)17-11(22(38)35-13)4-3-5-16(17)40-24(28)29/h3-6,8-9,13-14,24,39H,7H2,1-2H3,(H,35,38)/t13-,14-/m1/s1. The molecule has 4 aromatic rings. The van der Waals surface area contributed by atoms with Crippen molar-refractivity contribution in [2.24, 2.45) is 0 Å². The van der Waals surface area contributed by atoms with Crippen molar-refractivity contribution in [3.8, 4) is 22.6 Å². The van der Waals surface area contributed by atoms with Crippen LogP contribution in [-0.4, -0.2) is 43.5 Å². The van der Waals surface area contributed by atoms with E-state index in [9.17, 15) is 31.9 Å². The number of carbonyl (C=O) groups is 1. The van der Waals surface area contributed by atoms with E-state index in [1.165, 1.54) is 42.7 Å². The van der Waals surface area contributed by atoms with Crippen molar-refractivity contribution < 1.29 is 45.7 Å². The molecule has 2 aromatic heterocycles. The van der Waals surface area contributed by atoms with E-state index in [1.807, 2.05) is 0 Å². The van der Waals surface area contributed by atoms with Crippen molar-refractivity contribution in [1.82, 2.24) is 24.8 Å². The first-order valence-corrected chi connectivity index (χ1v) is 12.2. The van der Waals surface area contributed by atoms with Gasteiger partial charge in [0.1, 0.15) is 22.7 Å². The van der Waals surface area contributed by atoms with Gasteiger partial charge in [-0.05, 0) is 38.5 Å². The van der Waals surface area contributed by atoms with E-state index in [1.54, 1.807) is 0 Å². The molecule has 0 unspecified atom stereocenters. The van der Waals surface area contributed by atoms with Gasteiger partial charge in [-0.15, -0.1) is 13.2 Å². The van der Waals surface area contributed by atoms with Gasteiger partial charge >= 0.3 is 13.0 Å². The zero-order chi connectivity index (χ0) is 29.4. The number of ether oxygens (including phenoxy) is 2. The highest BCUT2D eigenvalue weighted by Gasteiger charge is 2.44. The molecule has 2 N–H and O–H groups in total. The molecule has 4 heterocycles. The highest BCUT2D eigenvalue weighted by atomic mass is 19.4. The number of fused-ring (bicyclic) bond motifs is 9. The Morgan fingerprint density at radius 3 is 2.49 bits per heavy atom. The summed E-state index contributed by atoms with van der Waals surface area (Å²) in [4.78, 5) is 25.2. The minimum absolute atomic E-state index is 0.0105. The molecule has 0 radical (unpaired) electrons. The average Bonchev–Trinajstić information content (AvgIpc) is 3.37. The number of amides is 1. The van der Waals surface area contributed by atoms with Gasteiger partial charge in [0.2, 0.25) is 0 Å². The summed E-state index contributed by atoms with van der Waals surface area (Å²) in [5.74, 6) is -3.47. The summed E-state index contributed by atoms with van der Waals surface area (Å²) < 4.78 is 93.0. The second-order valence-electron chi connectivity index (χ2n) is 10.1. The number of aliphatic hydroxyl groups is 1. The van der Waals surface area contributed by atoms with Crippen molar-refractivity contribution in [3.05, 3.63) is 65.3 Å². The number of benzene rings is 2. The van der Waals surface area contributed by atoms with Crippen LogP contribution in [0.5, 0.6) is 11.5 Å². The predicted molar refractivity (Wildman–Crippen MR) is 129 cm³/mol. The minimum atomic E-state index is -5.30. The Kier molecular flexibility index (Phi) is 5.92. The van der Waals surface area contributed by atoms with Gasteiger partial charge in [-0.3, -0.25) is 4.79 Å². The van der Waals surface area contributed by atoms with E-state index in [-0.39, 0.29) is 51.6 Å². The third-order valence-corrected chi connectivity index (χ3v) is 6.88. The number of halogens is 6. The van der Waals surface area contributed by atoms with Gasteiger partial charge in [0, 0.05) is 34.6 Å². The summed E-state index contributed by atoms with van der Waals surface area (Å²) in [5.41, 5.74) is -2.25. The Morgan fingerprint density at radius 2 is 1.85 bits per heavy atom. The summed E-state index contributed by atoms with van der Waals surface area (Å²) in [7, 11) is 0. The fourth-order valence-electron chi connectivity index (χ4n) is 5.29. The summed E-state index contributed by atoms with van der Waals surface area (Å²) in [6.45, 7) is -0.380. The lowest BCUT2D eigenvalue weighted by Gasteiger charge is -2.21. The lowest BCUT2D eigenvalue weighted by atomic mass is 9.97. The number of rotatable bonds is 5. The largest absolute Gasteiger partial charge is 0.573 e. The first-order valence-electron chi connectivity index (χ1n) is 12.2. The van der Waals surface area contributed by atoms with E-state index in [2.05, 4.69) is 25.0 Å². The van der Waals surface area contributed by atoms with Gasteiger partial charge in [0.25, 0.3) is 5.91 Å². The highest BCUT2D eigenvalue weighted by molar-refractivity contribution is 5.98. The average molecular weight is 579 g/mol. The molecule has 2 aliphatic heterocycles. The van der Waals surface area contributed by atoms with Gasteiger partial charge in [-0.25, -0.2) is 19.3 Å². The molecular weight excluding hydrogens is 560 g/mol. The van der Waals surface area contributed by atoms with E-state index < -0.39 is 53.6 Å². The fourth-order valence-corrected chi connectivity index (χ4v) is 5.29. The van der Waals surface area contributed by atoms with Crippen molar-refractivity contribution >= 4 is 16.9 Å². The normalized spacial score (nSPS) is 18.2. The maximum atomic E-state index is 15.7. The van der Waals surface area contributed by atoms with Crippen LogP contribution in [0.3, 0.4) is 0 Å². The van der Waals surface area contributed by atoms with Crippen molar-refractivity contribution in [3.63, 3.8) is 0 Å². The SMILES string of the molecule is CC(C)(O)c1ncc(-c2cc3c(nc4n3[C@@H]3C[C@H]4NC(=O)c4cccc(OC(F)F)c43)c(OC(F)(F)F)c2F)cn1. The van der Waals surface area contributed by atoms with Crippen LogP contribution in [0.15, 0.2) is 36.7 Å². The van der Waals surface area contributed by atoms with E-state index in [4.69, 9.17) is 4.74 Å². The van der Waals surface area contributed by atoms with Crippen LogP contribution in [0.2, 0.25) is 0 Å². The van der Waals surface area contributed by atoms with Gasteiger partial charge in [0.15, 0.2) is 17.4 Å². The smallest absolute Gasteiger partial charge is 0.434 e. The highest BCUT2D eigenvalue weighted by Crippen LogP contribution is 2.50. The zero-order valence-electron chi connectivity index (χ0n) is 21.1. The van der Waals surface area contributed by atoms with Gasteiger partial charge in [-0.1, -0.05) is 6.07 Å². The number of imidazole rings is 1. The van der Waals surface area contributed by atoms with Crippen LogP contribution >= 0.6 is 0 Å². The first kappa shape index (κ1) is 26.8. The minimum Gasteiger partial charge on any atom is -0.434 e. The summed E-state index contributed by atoms with van der Waals surface area (Å²) in [6.07, 6.45) is -2.91. The maximum Gasteiger partial charge on any atom is 0.573 e. The second-order valence-corrected chi connectivity index (χ2v) is 10.1. The molecule has 6 rings (SSSR count). The third-order valence-electron chi connectivity index (χ3n) is 6.88. The molecule has 2 atom stereocenters. The molecule has 0 aliphatic carbocycles. The lowest BCUT2D eigenvalue weighted by Crippen LogP contribution is -2.28. The molecule has 0 saturated carbocycles. The molecule has 41 heavy (non-hydrogen) atoms. The molecule has 15 heteroatoms. The number of alkyl halides is 5. The van der Waals surface area contributed by atoms with Crippen LogP contribution in [0, 0.1) is 5.82 Å². The van der Waals surface area contributed by atoms with Crippen molar-refractivity contribution in [2.45, 2.75) is 50.9 Å². The van der Waals surface area contributed by atoms with Gasteiger partial charge in [0.05, 0.1) is 17.6 Å². The molecule has 2 aromatic carbocycles. The zero-order valence-corrected chi connectivity index (χ0v) is 21.1. The van der Waals surface area contributed by atoms with Crippen LogP contribution in [0.25, 0.3) is 22.2 Å². The Morgan fingerprint density at radius 1 is 1.15 bits per heavy atom. The Hall–Kier alpha value is -4.40. The number of nitrogens with zero attached hydrogens (tertiary/aromatic N) is 4. The molecule has 2 bridgehead atoms. The number of aromatic nitrogens is 4. The molecular formula is C26H19F6N5O4. The molecule has 0 fully saturated rings. The molecule has 214 valence electrons. The Labute approximate surface area is 226 Å². The Balaban J connectivity index is 1.61. The lowest BCUT2D eigenvalue weighted by molar-refractivity contribution is -0.275. The number of nitrogens with one attached hydrogen (secondary N) is 1. The fraction of sp³-hybridized carbons (Fsp3) is 0.308. The predicted octanol–water partition coefficient (Wildman–Crippen LogP) is 5.14. The maximum absolute atomic E-state index is 15.7. The molecule has 0 spiro atoms. The first-order chi connectivity index (χ1) is 19.2. The number of carbonyl (C=O) groups excluding carboxylic acids is 1. The second kappa shape index (κ2) is 9.06. The molecule has 0 saturated heterocycles. The number of hydrogen-bond acceptors (Lipinski definition) is 7. The van der Waals surface area contributed by atoms with E-state index in [0.717, 1.165) is 12.4 Å². The summed E-state index contributed by atoms with van der Waals surface area (Å²) >= 11 is 0. The van der Waals surface area contributed by atoms with Gasteiger partial charge in [-0.2, -0.15) is 8.78 Å². The quantitative estimate of drug-likeness (QED) is 0.315. The molecule has 9 nitrogen and oxygen atoms in total. The van der Waals surface area contributed by atoms with Crippen LogP contribution in [0.4, 0.5) is 26.3 Å². The molecule has 2 aliphatic rings. The van der Waals surface area contributed by atoms with Crippen LogP contribution in [0.1, 0.15) is 59.9 Å².